The zero-order chi connectivity index (χ0) is 22.5. The van der Waals surface area contributed by atoms with Crippen LogP contribution in [0.2, 0.25) is 0 Å². The van der Waals surface area contributed by atoms with E-state index in [0.717, 1.165) is 11.3 Å². The van der Waals surface area contributed by atoms with Crippen LogP contribution >= 0.6 is 0 Å². The van der Waals surface area contributed by atoms with Gasteiger partial charge in [0.1, 0.15) is 12.1 Å². The van der Waals surface area contributed by atoms with Crippen LogP contribution in [0.3, 0.4) is 0 Å². The minimum Gasteiger partial charge on any atom is -0.451 e. The van der Waals surface area contributed by atoms with E-state index < -0.39 is 42.0 Å². The predicted octanol–water partition coefficient (Wildman–Crippen LogP) is 2.18. The van der Waals surface area contributed by atoms with Crippen LogP contribution in [0.15, 0.2) is 24.3 Å². The Morgan fingerprint density at radius 3 is 2.43 bits per heavy atom. The molecule has 9 nitrogen and oxygen atoms in total. The van der Waals surface area contributed by atoms with Gasteiger partial charge in [-0.3, -0.25) is 19.3 Å². The van der Waals surface area contributed by atoms with E-state index in [9.17, 15) is 19.2 Å². The minimum atomic E-state index is -1.14. The molecule has 2 atom stereocenters. The Hall–Kier alpha value is -3.41. The van der Waals surface area contributed by atoms with E-state index in [1.165, 1.54) is 6.92 Å². The number of hydrogen-bond acceptors (Lipinski definition) is 6. The van der Waals surface area contributed by atoms with Crippen molar-refractivity contribution in [2.24, 2.45) is 5.92 Å². The van der Waals surface area contributed by atoms with E-state index in [1.54, 1.807) is 31.2 Å². The molecule has 4 amide bonds. The van der Waals surface area contributed by atoms with Crippen LogP contribution in [-0.4, -0.2) is 46.9 Å². The van der Waals surface area contributed by atoms with Gasteiger partial charge in [-0.25, -0.2) is 4.79 Å². The van der Waals surface area contributed by atoms with E-state index in [1.807, 2.05) is 19.9 Å². The lowest BCUT2D eigenvalue weighted by Gasteiger charge is -2.22. The maximum Gasteiger partial charge on any atom is 0.327 e. The molecule has 1 aliphatic rings. The van der Waals surface area contributed by atoms with Gasteiger partial charge in [0.05, 0.1) is 11.6 Å². The summed E-state index contributed by atoms with van der Waals surface area (Å²) < 4.78 is 5.08. The van der Waals surface area contributed by atoms with Crippen LogP contribution in [0.5, 0.6) is 0 Å². The summed E-state index contributed by atoms with van der Waals surface area (Å²) in [6, 6.07) is 7.50. The molecular weight excluding hydrogens is 388 g/mol. The second-order valence-electron chi connectivity index (χ2n) is 7.90. The number of nitrogens with one attached hydrogen (secondary N) is 2. The maximum absolute atomic E-state index is 12.6. The monoisotopic (exact) mass is 414 g/mol. The Bertz CT molecular complexity index is 874. The van der Waals surface area contributed by atoms with Crippen molar-refractivity contribution in [3.8, 4) is 6.07 Å². The zero-order valence-corrected chi connectivity index (χ0v) is 17.5. The van der Waals surface area contributed by atoms with Gasteiger partial charge >= 0.3 is 12.0 Å². The number of imide groups is 1. The van der Waals surface area contributed by atoms with Gasteiger partial charge < -0.3 is 15.4 Å². The van der Waals surface area contributed by atoms with Crippen molar-refractivity contribution in [3.05, 3.63) is 29.8 Å². The molecule has 1 aromatic rings. The number of nitriles is 1. The number of amides is 4. The summed E-state index contributed by atoms with van der Waals surface area (Å²) in [5.41, 5.74) is -0.168. The first-order valence-corrected chi connectivity index (χ1v) is 9.70. The molecule has 1 heterocycles. The second kappa shape index (κ2) is 9.39. The quantitative estimate of drug-likeness (QED) is 0.495. The summed E-state index contributed by atoms with van der Waals surface area (Å²) in [4.78, 5) is 50.0. The fourth-order valence-electron chi connectivity index (χ4n) is 2.93. The fraction of sp³-hybridized carbons (Fsp3) is 0.476. The average molecular weight is 414 g/mol. The number of anilines is 1. The largest absolute Gasteiger partial charge is 0.451 e. The van der Waals surface area contributed by atoms with Gasteiger partial charge in [-0.15, -0.1) is 0 Å². The first-order valence-electron chi connectivity index (χ1n) is 9.70. The third kappa shape index (κ3) is 5.56. The highest BCUT2D eigenvalue weighted by Gasteiger charge is 2.48. The van der Waals surface area contributed by atoms with Crippen LogP contribution < -0.4 is 10.6 Å². The molecule has 30 heavy (non-hydrogen) atoms. The molecule has 9 heteroatoms. The Balaban J connectivity index is 1.90. The molecular formula is C21H26N4O5. The van der Waals surface area contributed by atoms with Crippen LogP contribution in [0.4, 0.5) is 10.5 Å². The summed E-state index contributed by atoms with van der Waals surface area (Å²) in [5.74, 6) is -1.57. The lowest BCUT2D eigenvalue weighted by Crippen LogP contribution is -2.44. The first kappa shape index (κ1) is 22.9. The Morgan fingerprint density at radius 1 is 1.23 bits per heavy atom. The number of hydrogen-bond donors (Lipinski definition) is 2. The highest BCUT2D eigenvalue weighted by molar-refractivity contribution is 6.08. The zero-order valence-electron chi connectivity index (χ0n) is 17.5. The molecule has 1 fully saturated rings. The Kier molecular flexibility index (Phi) is 7.16. The number of ether oxygens (including phenoxy) is 1. The van der Waals surface area contributed by atoms with Gasteiger partial charge in [-0.1, -0.05) is 13.8 Å². The lowest BCUT2D eigenvalue weighted by molar-refractivity contribution is -0.155. The van der Waals surface area contributed by atoms with Gasteiger partial charge in [-0.2, -0.15) is 5.26 Å². The number of benzene rings is 1. The molecule has 0 unspecified atom stereocenters. The van der Waals surface area contributed by atoms with E-state index in [-0.39, 0.29) is 0 Å². The summed E-state index contributed by atoms with van der Waals surface area (Å²) in [6.45, 7) is 6.48. The third-order valence-corrected chi connectivity index (χ3v) is 4.81. The van der Waals surface area contributed by atoms with Crippen molar-refractivity contribution in [3.63, 3.8) is 0 Å². The van der Waals surface area contributed by atoms with Gasteiger partial charge in [0.2, 0.25) is 0 Å². The van der Waals surface area contributed by atoms with Crippen molar-refractivity contribution < 1.29 is 23.9 Å². The number of nitrogens with zero attached hydrogens (tertiary/aromatic N) is 2. The molecule has 2 N–H and O–H groups in total. The lowest BCUT2D eigenvalue weighted by atomic mass is 9.92. The van der Waals surface area contributed by atoms with Gasteiger partial charge in [0, 0.05) is 5.69 Å². The highest BCUT2D eigenvalue weighted by atomic mass is 16.5. The first-order chi connectivity index (χ1) is 14.1. The number of esters is 1. The summed E-state index contributed by atoms with van der Waals surface area (Å²) in [6.07, 6.45) is 0.0682. The normalized spacial score (nSPS) is 19.3. The van der Waals surface area contributed by atoms with E-state index in [2.05, 4.69) is 10.6 Å². The number of carbonyl (C=O) groups is 4. The molecule has 0 aromatic heterocycles. The summed E-state index contributed by atoms with van der Waals surface area (Å²) >= 11 is 0. The van der Waals surface area contributed by atoms with Crippen molar-refractivity contribution >= 4 is 29.5 Å². The fourth-order valence-corrected chi connectivity index (χ4v) is 2.93. The van der Waals surface area contributed by atoms with E-state index >= 15 is 0 Å². The van der Waals surface area contributed by atoms with Crippen LogP contribution in [0.25, 0.3) is 0 Å². The SMILES string of the molecule is CC(C)CC[C@@]1(C)NC(=O)N(CC(=O)O[C@H](C)C(=O)Nc2ccc(C#N)cc2)C1=O. The standard InChI is InChI=1S/C21H26N4O5/c1-13(2)9-10-21(4)19(28)25(20(29)24-21)12-17(26)30-14(3)18(27)23-16-7-5-15(11-22)6-8-16/h5-8,13-14H,9-10,12H2,1-4H3,(H,23,27)(H,24,29)/t14-,21-/m1/s1. The third-order valence-electron chi connectivity index (χ3n) is 4.81. The van der Waals surface area contributed by atoms with Crippen molar-refractivity contribution in [1.29, 1.82) is 5.26 Å². The van der Waals surface area contributed by atoms with Gasteiger partial charge in [-0.05, 0) is 56.9 Å². The summed E-state index contributed by atoms with van der Waals surface area (Å²) in [5, 5.41) is 14.0. The number of rotatable bonds is 8. The maximum atomic E-state index is 12.6. The second-order valence-corrected chi connectivity index (χ2v) is 7.90. The van der Waals surface area contributed by atoms with Crippen LogP contribution in [-0.2, 0) is 19.1 Å². The Morgan fingerprint density at radius 2 is 1.87 bits per heavy atom. The molecule has 2 rings (SSSR count). The minimum absolute atomic E-state index is 0.362. The molecule has 1 saturated heterocycles. The van der Waals surface area contributed by atoms with Crippen molar-refractivity contribution in [2.45, 2.75) is 52.2 Å². The van der Waals surface area contributed by atoms with Crippen LogP contribution in [0.1, 0.15) is 46.1 Å². The Labute approximate surface area is 175 Å². The smallest absolute Gasteiger partial charge is 0.327 e. The van der Waals surface area contributed by atoms with Gasteiger partial charge in [0.15, 0.2) is 6.10 Å². The summed E-state index contributed by atoms with van der Waals surface area (Å²) in [7, 11) is 0. The highest BCUT2D eigenvalue weighted by Crippen LogP contribution is 2.24. The molecule has 0 bridgehead atoms. The number of urea groups is 1. The van der Waals surface area contributed by atoms with E-state index in [4.69, 9.17) is 10.00 Å². The van der Waals surface area contributed by atoms with Crippen molar-refractivity contribution in [1.82, 2.24) is 10.2 Å². The molecule has 0 radical (unpaired) electrons. The molecule has 0 aliphatic carbocycles. The predicted molar refractivity (Wildman–Crippen MR) is 108 cm³/mol. The molecule has 0 spiro atoms. The average Bonchev–Trinajstić information content (AvgIpc) is 2.90. The number of carbonyl (C=O) groups excluding carboxylic acids is 4. The van der Waals surface area contributed by atoms with E-state index in [0.29, 0.717) is 23.6 Å². The van der Waals surface area contributed by atoms with Gasteiger partial charge in [0.25, 0.3) is 11.8 Å². The molecule has 0 saturated carbocycles. The van der Waals surface area contributed by atoms with Crippen molar-refractivity contribution in [2.75, 3.05) is 11.9 Å². The molecule has 160 valence electrons. The topological polar surface area (TPSA) is 129 Å². The molecule has 1 aliphatic heterocycles. The van der Waals surface area contributed by atoms with Crippen LogP contribution in [0, 0.1) is 17.2 Å². The molecule has 1 aromatic carbocycles.